The van der Waals surface area contributed by atoms with Gasteiger partial charge in [0.2, 0.25) is 5.95 Å². The summed E-state index contributed by atoms with van der Waals surface area (Å²) in [5, 5.41) is 11.7. The first-order valence-electron chi connectivity index (χ1n) is 9.03. The highest BCUT2D eigenvalue weighted by Gasteiger charge is 2.35. The molecule has 146 valence electrons. The minimum atomic E-state index is -0.803. The molecule has 4 rings (SSSR count). The van der Waals surface area contributed by atoms with Crippen LogP contribution in [0.4, 0.5) is 10.1 Å². The van der Waals surface area contributed by atoms with Crippen molar-refractivity contribution in [3.8, 4) is 6.07 Å². The summed E-state index contributed by atoms with van der Waals surface area (Å²) in [5.74, 6) is -1.12. The molecule has 1 fully saturated rings. The second-order valence-corrected chi connectivity index (χ2v) is 8.21. The van der Waals surface area contributed by atoms with E-state index < -0.39 is 5.95 Å². The second kappa shape index (κ2) is 7.20. The topological polar surface area (TPSA) is 92.0 Å². The highest BCUT2D eigenvalue weighted by Crippen LogP contribution is 2.36. The lowest BCUT2D eigenvalue weighted by Gasteiger charge is -2.38. The van der Waals surface area contributed by atoms with Crippen LogP contribution in [0.2, 0.25) is 0 Å². The summed E-state index contributed by atoms with van der Waals surface area (Å²) in [6.45, 7) is 6.13. The summed E-state index contributed by atoms with van der Waals surface area (Å²) in [5.41, 5.74) is 2.68. The molecule has 2 aromatic rings. The summed E-state index contributed by atoms with van der Waals surface area (Å²) in [7, 11) is 0. The number of nitrogens with zero attached hydrogens (tertiary/aromatic N) is 3. The molecule has 28 heavy (non-hydrogen) atoms. The average molecular weight is 401 g/mol. The third-order valence-electron chi connectivity index (χ3n) is 4.97. The Kier molecular flexibility index (Phi) is 4.87. The fourth-order valence-corrected chi connectivity index (χ4v) is 4.62. The maximum atomic E-state index is 13.6. The Labute approximate surface area is 166 Å². The van der Waals surface area contributed by atoms with Crippen LogP contribution in [0.3, 0.4) is 0 Å². The van der Waals surface area contributed by atoms with E-state index in [1.165, 1.54) is 6.07 Å². The molecule has 0 atom stereocenters. The maximum Gasteiger partial charge on any atom is 0.272 e. The van der Waals surface area contributed by atoms with Gasteiger partial charge in [0, 0.05) is 28.9 Å². The zero-order chi connectivity index (χ0) is 19.9. The van der Waals surface area contributed by atoms with Crippen LogP contribution in [0.1, 0.15) is 40.8 Å². The van der Waals surface area contributed by atoms with Crippen molar-refractivity contribution in [1.29, 1.82) is 5.26 Å². The number of aromatic nitrogens is 2. The number of anilines is 1. The van der Waals surface area contributed by atoms with Gasteiger partial charge in [0.25, 0.3) is 5.91 Å². The van der Waals surface area contributed by atoms with Crippen molar-refractivity contribution in [2.75, 3.05) is 18.5 Å². The van der Waals surface area contributed by atoms with Crippen molar-refractivity contribution in [2.24, 2.45) is 0 Å². The van der Waals surface area contributed by atoms with Crippen molar-refractivity contribution in [1.82, 2.24) is 14.3 Å². The molecule has 0 unspecified atom stereocenters. The zero-order valence-corrected chi connectivity index (χ0v) is 16.5. The number of amides is 1. The molecule has 1 saturated heterocycles. The number of carbonyl (C=O) groups is 1. The molecular formula is C19H20FN5O2S. The summed E-state index contributed by atoms with van der Waals surface area (Å²) in [4.78, 5) is 17.5. The predicted octanol–water partition coefficient (Wildman–Crippen LogP) is 2.79. The van der Waals surface area contributed by atoms with Crippen molar-refractivity contribution in [2.45, 2.75) is 43.7 Å². The van der Waals surface area contributed by atoms with E-state index in [9.17, 15) is 9.18 Å². The second-order valence-electron chi connectivity index (χ2n) is 7.39. The molecule has 2 N–H and O–H groups in total. The van der Waals surface area contributed by atoms with E-state index >= 15 is 0 Å². The first-order chi connectivity index (χ1) is 13.4. The van der Waals surface area contributed by atoms with Gasteiger partial charge in [0.1, 0.15) is 17.5 Å². The van der Waals surface area contributed by atoms with E-state index in [0.29, 0.717) is 18.9 Å². The number of nitrogens with one attached hydrogen (secondary N) is 2. The third kappa shape index (κ3) is 3.39. The average Bonchev–Trinajstić information content (AvgIpc) is 3.18. The Balaban J connectivity index is 1.61. The standard InChI is InChI=1S/C19H20FN5O2S/c1-11-16(18(26)23-12-6-13(8-21)22-15(20)7-12)25-5-3-4-14(25)17(11)28-24-19(2)9-27-10-19/h6-7,24H,3-5,9-10H2,1-2H3,(H,22,23,26). The molecule has 0 radical (unpaired) electrons. The first kappa shape index (κ1) is 18.9. The molecule has 0 bridgehead atoms. The summed E-state index contributed by atoms with van der Waals surface area (Å²) >= 11 is 1.54. The number of hydrogen-bond acceptors (Lipinski definition) is 6. The van der Waals surface area contributed by atoms with Gasteiger partial charge < -0.3 is 14.6 Å². The van der Waals surface area contributed by atoms with Gasteiger partial charge in [-0.3, -0.25) is 4.79 Å². The number of pyridine rings is 1. The number of carbonyl (C=O) groups excluding carboxylic acids is 1. The third-order valence-corrected chi connectivity index (χ3v) is 6.31. The number of halogens is 1. The molecule has 2 aliphatic rings. The van der Waals surface area contributed by atoms with Gasteiger partial charge >= 0.3 is 0 Å². The van der Waals surface area contributed by atoms with E-state index in [-0.39, 0.29) is 22.8 Å². The van der Waals surface area contributed by atoms with Crippen LogP contribution in [0.25, 0.3) is 0 Å². The van der Waals surface area contributed by atoms with Crippen LogP contribution in [0, 0.1) is 24.2 Å². The SMILES string of the molecule is Cc1c(SNC2(C)COC2)c2n(c1C(=O)Nc1cc(F)nc(C#N)c1)CCC2. The van der Waals surface area contributed by atoms with E-state index in [0.717, 1.165) is 41.6 Å². The van der Waals surface area contributed by atoms with Crippen LogP contribution in [-0.4, -0.2) is 34.2 Å². The summed E-state index contributed by atoms with van der Waals surface area (Å²) in [6, 6.07) is 4.26. The lowest BCUT2D eigenvalue weighted by Crippen LogP contribution is -2.55. The lowest BCUT2D eigenvalue weighted by molar-refractivity contribution is -0.0510. The Bertz CT molecular complexity index is 993. The molecule has 4 heterocycles. The Morgan fingerprint density at radius 3 is 2.93 bits per heavy atom. The molecule has 0 aliphatic carbocycles. The quantitative estimate of drug-likeness (QED) is 0.591. The summed E-state index contributed by atoms with van der Waals surface area (Å²) < 4.78 is 24.4. The van der Waals surface area contributed by atoms with Crippen molar-refractivity contribution in [3.63, 3.8) is 0 Å². The molecule has 0 saturated carbocycles. The molecule has 0 aromatic carbocycles. The first-order valence-corrected chi connectivity index (χ1v) is 9.84. The predicted molar refractivity (Wildman–Crippen MR) is 103 cm³/mol. The normalized spacial score (nSPS) is 16.9. The number of rotatable bonds is 5. The van der Waals surface area contributed by atoms with E-state index in [1.54, 1.807) is 18.0 Å². The number of hydrogen-bond donors (Lipinski definition) is 2. The van der Waals surface area contributed by atoms with Gasteiger partial charge in [-0.1, -0.05) is 0 Å². The van der Waals surface area contributed by atoms with Crippen molar-refractivity contribution in [3.05, 3.63) is 40.7 Å². The largest absolute Gasteiger partial charge is 0.377 e. The number of fused-ring (bicyclic) bond motifs is 1. The highest BCUT2D eigenvalue weighted by atomic mass is 32.2. The Hall–Kier alpha value is -2.41. The summed E-state index contributed by atoms with van der Waals surface area (Å²) in [6.07, 6.45) is 1.89. The lowest BCUT2D eigenvalue weighted by atomic mass is 10.0. The zero-order valence-electron chi connectivity index (χ0n) is 15.6. The van der Waals surface area contributed by atoms with E-state index in [2.05, 4.69) is 21.9 Å². The van der Waals surface area contributed by atoms with Crippen LogP contribution in [0.5, 0.6) is 0 Å². The number of nitriles is 1. The molecular weight excluding hydrogens is 381 g/mol. The molecule has 2 aromatic heterocycles. The van der Waals surface area contributed by atoms with Gasteiger partial charge in [-0.25, -0.2) is 9.71 Å². The molecule has 7 nitrogen and oxygen atoms in total. The van der Waals surface area contributed by atoms with Gasteiger partial charge in [-0.15, -0.1) is 0 Å². The van der Waals surface area contributed by atoms with Gasteiger partial charge in [0.15, 0.2) is 0 Å². The van der Waals surface area contributed by atoms with Crippen LogP contribution < -0.4 is 10.0 Å². The Morgan fingerprint density at radius 1 is 1.46 bits per heavy atom. The monoisotopic (exact) mass is 401 g/mol. The Morgan fingerprint density at radius 2 is 2.25 bits per heavy atom. The molecule has 0 spiro atoms. The fraction of sp³-hybridized carbons (Fsp3) is 0.421. The molecule has 9 heteroatoms. The van der Waals surface area contributed by atoms with Crippen LogP contribution >= 0.6 is 11.9 Å². The van der Waals surface area contributed by atoms with Crippen molar-refractivity contribution >= 4 is 23.5 Å². The minimum absolute atomic E-state index is 0.0603. The smallest absolute Gasteiger partial charge is 0.272 e. The van der Waals surface area contributed by atoms with E-state index in [4.69, 9.17) is 10.00 Å². The molecule has 1 amide bonds. The van der Waals surface area contributed by atoms with Crippen molar-refractivity contribution < 1.29 is 13.9 Å². The van der Waals surface area contributed by atoms with Gasteiger partial charge in [-0.2, -0.15) is 9.65 Å². The fourth-order valence-electron chi connectivity index (χ4n) is 3.57. The van der Waals surface area contributed by atoms with Crippen LogP contribution in [-0.2, 0) is 17.7 Å². The minimum Gasteiger partial charge on any atom is -0.377 e. The van der Waals surface area contributed by atoms with Gasteiger partial charge in [-0.05, 0) is 50.3 Å². The highest BCUT2D eigenvalue weighted by molar-refractivity contribution is 7.97. The number of ether oxygens (including phenoxy) is 1. The van der Waals surface area contributed by atoms with Gasteiger partial charge in [0.05, 0.1) is 18.8 Å². The van der Waals surface area contributed by atoms with E-state index in [1.807, 2.05) is 11.5 Å². The van der Waals surface area contributed by atoms with Crippen LogP contribution in [0.15, 0.2) is 17.0 Å². The maximum absolute atomic E-state index is 13.6. The molecule has 2 aliphatic heterocycles.